The molecule has 0 radical (unpaired) electrons. The molecule has 0 saturated carbocycles. The van der Waals surface area contributed by atoms with Crippen molar-refractivity contribution >= 4 is 0 Å². The van der Waals surface area contributed by atoms with Crippen LogP contribution in [-0.2, 0) is 4.74 Å². The average Bonchev–Trinajstić information content (AvgIpc) is 2.05. The lowest BCUT2D eigenvalue weighted by Crippen LogP contribution is -2.30. The highest BCUT2D eigenvalue weighted by molar-refractivity contribution is 4.58. The van der Waals surface area contributed by atoms with Crippen molar-refractivity contribution in [1.29, 1.82) is 0 Å². The maximum absolute atomic E-state index is 8.52. The Bertz CT molecular complexity index is 88.6. The normalized spacial score (nSPS) is 13.2. The summed E-state index contributed by atoms with van der Waals surface area (Å²) < 4.78 is 4.98. The lowest BCUT2D eigenvalue weighted by Gasteiger charge is -2.11. The molecule has 12 heavy (non-hydrogen) atoms. The summed E-state index contributed by atoms with van der Waals surface area (Å²) in [7, 11) is 1.71. The third-order valence-corrected chi connectivity index (χ3v) is 1.74. The molecule has 0 aliphatic rings. The van der Waals surface area contributed by atoms with Crippen molar-refractivity contribution < 1.29 is 9.84 Å². The first kappa shape index (κ1) is 11.9. The van der Waals surface area contributed by atoms with Gasteiger partial charge in [0.1, 0.15) is 0 Å². The molecule has 1 unspecified atom stereocenters. The molecule has 0 aliphatic heterocycles. The van der Waals surface area contributed by atoms with Crippen molar-refractivity contribution in [3.05, 3.63) is 0 Å². The molecule has 3 nitrogen and oxygen atoms in total. The Morgan fingerprint density at radius 2 is 2.08 bits per heavy atom. The molecule has 0 bridgehead atoms. The fraction of sp³-hybridized carbons (Fsp3) is 1.00. The number of methoxy groups -OCH3 is 1. The molecule has 0 heterocycles. The number of ether oxygens (including phenoxy) is 1. The van der Waals surface area contributed by atoms with Crippen molar-refractivity contribution in [2.24, 2.45) is 0 Å². The molecular formula is C9H21NO2. The van der Waals surface area contributed by atoms with E-state index in [9.17, 15) is 0 Å². The summed E-state index contributed by atoms with van der Waals surface area (Å²) in [5.74, 6) is 0. The minimum Gasteiger partial charge on any atom is -0.396 e. The summed E-state index contributed by atoms with van der Waals surface area (Å²) in [4.78, 5) is 0. The van der Waals surface area contributed by atoms with Gasteiger partial charge in [-0.1, -0.05) is 0 Å². The van der Waals surface area contributed by atoms with Crippen LogP contribution in [0.15, 0.2) is 0 Å². The van der Waals surface area contributed by atoms with Crippen LogP contribution >= 0.6 is 0 Å². The maximum atomic E-state index is 8.52. The van der Waals surface area contributed by atoms with Gasteiger partial charge in [0.25, 0.3) is 0 Å². The molecule has 0 aromatic rings. The second-order valence-corrected chi connectivity index (χ2v) is 3.09. The molecule has 0 fully saturated rings. The Labute approximate surface area is 75.1 Å². The fourth-order valence-electron chi connectivity index (χ4n) is 1.07. The zero-order chi connectivity index (χ0) is 9.23. The maximum Gasteiger partial charge on any atom is 0.0613 e. The predicted molar refractivity (Wildman–Crippen MR) is 50.3 cm³/mol. The van der Waals surface area contributed by atoms with Crippen LogP contribution in [0.4, 0.5) is 0 Å². The van der Waals surface area contributed by atoms with Gasteiger partial charge >= 0.3 is 0 Å². The number of aliphatic hydroxyl groups is 1. The SMILES string of the molecule is COCC(C)NCCCCCO. The van der Waals surface area contributed by atoms with Gasteiger partial charge in [-0.15, -0.1) is 0 Å². The van der Waals surface area contributed by atoms with Gasteiger partial charge in [-0.3, -0.25) is 0 Å². The first-order valence-corrected chi connectivity index (χ1v) is 4.64. The van der Waals surface area contributed by atoms with E-state index < -0.39 is 0 Å². The van der Waals surface area contributed by atoms with E-state index in [1.807, 2.05) is 0 Å². The summed E-state index contributed by atoms with van der Waals surface area (Å²) in [6, 6.07) is 0.434. The van der Waals surface area contributed by atoms with E-state index >= 15 is 0 Å². The monoisotopic (exact) mass is 175 g/mol. The quantitative estimate of drug-likeness (QED) is 0.535. The zero-order valence-corrected chi connectivity index (χ0v) is 8.18. The van der Waals surface area contributed by atoms with Crippen molar-refractivity contribution in [3.63, 3.8) is 0 Å². The number of hydrogen-bond acceptors (Lipinski definition) is 3. The van der Waals surface area contributed by atoms with Crippen molar-refractivity contribution in [2.75, 3.05) is 26.9 Å². The molecule has 0 aromatic heterocycles. The minimum absolute atomic E-state index is 0.313. The van der Waals surface area contributed by atoms with Gasteiger partial charge in [0.05, 0.1) is 6.61 Å². The minimum atomic E-state index is 0.313. The van der Waals surface area contributed by atoms with Gasteiger partial charge in [-0.2, -0.15) is 0 Å². The van der Waals surface area contributed by atoms with Gasteiger partial charge in [0, 0.05) is 19.8 Å². The summed E-state index contributed by atoms with van der Waals surface area (Å²) in [5, 5.41) is 11.9. The number of unbranched alkanes of at least 4 members (excludes halogenated alkanes) is 2. The lowest BCUT2D eigenvalue weighted by atomic mass is 10.2. The summed E-state index contributed by atoms with van der Waals surface area (Å²) in [6.45, 7) is 4.20. The summed E-state index contributed by atoms with van der Waals surface area (Å²) in [6.07, 6.45) is 3.15. The van der Waals surface area contributed by atoms with E-state index in [0.29, 0.717) is 12.6 Å². The van der Waals surface area contributed by atoms with Crippen LogP contribution in [0.5, 0.6) is 0 Å². The Kier molecular flexibility index (Phi) is 8.88. The lowest BCUT2D eigenvalue weighted by molar-refractivity contribution is 0.172. The fourth-order valence-corrected chi connectivity index (χ4v) is 1.07. The highest BCUT2D eigenvalue weighted by atomic mass is 16.5. The van der Waals surface area contributed by atoms with Crippen LogP contribution in [0.2, 0.25) is 0 Å². The smallest absolute Gasteiger partial charge is 0.0613 e. The first-order chi connectivity index (χ1) is 5.81. The molecule has 0 rings (SSSR count). The third kappa shape index (κ3) is 7.98. The van der Waals surface area contributed by atoms with E-state index in [1.54, 1.807) is 7.11 Å². The first-order valence-electron chi connectivity index (χ1n) is 4.64. The van der Waals surface area contributed by atoms with Crippen LogP contribution < -0.4 is 5.32 Å². The van der Waals surface area contributed by atoms with Crippen LogP contribution in [0.3, 0.4) is 0 Å². The van der Waals surface area contributed by atoms with E-state index in [-0.39, 0.29) is 0 Å². The number of hydrogen-bond donors (Lipinski definition) is 2. The molecule has 0 amide bonds. The Morgan fingerprint density at radius 3 is 2.67 bits per heavy atom. The van der Waals surface area contributed by atoms with Crippen LogP contribution in [0.25, 0.3) is 0 Å². The topological polar surface area (TPSA) is 41.5 Å². The highest BCUT2D eigenvalue weighted by Gasteiger charge is 1.97. The van der Waals surface area contributed by atoms with E-state index in [1.165, 1.54) is 0 Å². The van der Waals surface area contributed by atoms with Crippen LogP contribution in [0.1, 0.15) is 26.2 Å². The molecule has 0 aromatic carbocycles. The molecule has 0 saturated heterocycles. The van der Waals surface area contributed by atoms with Crippen molar-refractivity contribution in [2.45, 2.75) is 32.2 Å². The van der Waals surface area contributed by atoms with E-state index in [2.05, 4.69) is 12.2 Å². The zero-order valence-electron chi connectivity index (χ0n) is 8.18. The van der Waals surface area contributed by atoms with Crippen molar-refractivity contribution in [1.82, 2.24) is 5.32 Å². The summed E-state index contributed by atoms with van der Waals surface area (Å²) >= 11 is 0. The molecule has 1 atom stereocenters. The van der Waals surface area contributed by atoms with E-state index in [4.69, 9.17) is 9.84 Å². The van der Waals surface area contributed by atoms with Gasteiger partial charge in [0.2, 0.25) is 0 Å². The molecule has 0 spiro atoms. The second-order valence-electron chi connectivity index (χ2n) is 3.09. The molecule has 0 aliphatic carbocycles. The standard InChI is InChI=1S/C9H21NO2/c1-9(8-12-2)10-6-4-3-5-7-11/h9-11H,3-8H2,1-2H3. The van der Waals surface area contributed by atoms with E-state index in [0.717, 1.165) is 32.4 Å². The predicted octanol–water partition coefficient (Wildman–Crippen LogP) is 0.773. The van der Waals surface area contributed by atoms with Gasteiger partial charge in [0.15, 0.2) is 0 Å². The van der Waals surface area contributed by atoms with Gasteiger partial charge in [-0.05, 0) is 32.7 Å². The Balaban J connectivity index is 2.97. The highest BCUT2D eigenvalue weighted by Crippen LogP contribution is 1.92. The second kappa shape index (κ2) is 8.97. The van der Waals surface area contributed by atoms with Crippen LogP contribution in [0, 0.1) is 0 Å². The van der Waals surface area contributed by atoms with Gasteiger partial charge < -0.3 is 15.2 Å². The van der Waals surface area contributed by atoms with Crippen molar-refractivity contribution in [3.8, 4) is 0 Å². The molecule has 2 N–H and O–H groups in total. The summed E-state index contributed by atoms with van der Waals surface area (Å²) in [5.41, 5.74) is 0. The largest absolute Gasteiger partial charge is 0.396 e. The molecular weight excluding hydrogens is 154 g/mol. The Hall–Kier alpha value is -0.120. The number of rotatable bonds is 8. The number of aliphatic hydroxyl groups excluding tert-OH is 1. The molecule has 74 valence electrons. The average molecular weight is 175 g/mol. The number of nitrogens with one attached hydrogen (secondary N) is 1. The van der Waals surface area contributed by atoms with Crippen LogP contribution in [-0.4, -0.2) is 38.0 Å². The molecule has 3 heteroatoms. The third-order valence-electron chi connectivity index (χ3n) is 1.74. The van der Waals surface area contributed by atoms with Gasteiger partial charge in [-0.25, -0.2) is 0 Å². The Morgan fingerprint density at radius 1 is 1.33 bits per heavy atom.